The first-order valence-corrected chi connectivity index (χ1v) is 11.0. The fourth-order valence-corrected chi connectivity index (χ4v) is 3.69. The predicted molar refractivity (Wildman–Crippen MR) is 122 cm³/mol. The van der Waals surface area contributed by atoms with Crippen molar-refractivity contribution in [2.45, 2.75) is 13.1 Å². The van der Waals surface area contributed by atoms with Crippen molar-refractivity contribution in [3.8, 4) is 17.4 Å². The molecule has 0 radical (unpaired) electrons. The number of amides is 1. The lowest BCUT2D eigenvalue weighted by atomic mass is 10.2. The quantitative estimate of drug-likeness (QED) is 0.472. The molecular weight excluding hydrogens is 481 g/mol. The standard InChI is InChI=1S/C21H20ClF3N4O3S/c1-3-26-6-7-27-18-17(33-20(30)29-18)9-12-4-5-15(16(8-12)31-2)32-19-14(22)10-13(11-28-19)21(23,24)25/h4-5,8-11,26H,3,6-7H2,1-2H3,(H,27,29,30)/b17-9-. The molecule has 33 heavy (non-hydrogen) atoms. The highest BCUT2D eigenvalue weighted by molar-refractivity contribution is 8.18. The van der Waals surface area contributed by atoms with Gasteiger partial charge in [-0.2, -0.15) is 18.2 Å². The second-order valence-corrected chi connectivity index (χ2v) is 8.04. The van der Waals surface area contributed by atoms with Gasteiger partial charge in [0.2, 0.25) is 5.88 Å². The Morgan fingerprint density at radius 2 is 2.00 bits per heavy atom. The van der Waals surface area contributed by atoms with Crippen LogP contribution >= 0.6 is 23.4 Å². The number of hydrogen-bond acceptors (Lipinski definition) is 7. The molecular formula is C21H20ClF3N4O3S. The van der Waals surface area contributed by atoms with Crippen molar-refractivity contribution in [3.05, 3.63) is 51.5 Å². The van der Waals surface area contributed by atoms with Crippen LogP contribution in [-0.2, 0) is 6.18 Å². The molecule has 0 atom stereocenters. The summed E-state index contributed by atoms with van der Waals surface area (Å²) in [5.74, 6) is 0.810. The SMILES string of the molecule is CCNCCNC1=NC(=O)S/C1=C\c1ccc(Oc2ncc(C(F)(F)F)cc2Cl)c(OC)c1. The van der Waals surface area contributed by atoms with Gasteiger partial charge >= 0.3 is 11.4 Å². The third-order valence-electron chi connectivity index (χ3n) is 4.30. The molecule has 0 bridgehead atoms. The summed E-state index contributed by atoms with van der Waals surface area (Å²) in [5, 5.41) is 5.70. The molecule has 0 spiro atoms. The lowest BCUT2D eigenvalue weighted by Crippen LogP contribution is -2.31. The van der Waals surface area contributed by atoms with E-state index in [0.29, 0.717) is 34.8 Å². The van der Waals surface area contributed by atoms with Crippen LogP contribution < -0.4 is 20.1 Å². The van der Waals surface area contributed by atoms with Crippen molar-refractivity contribution < 1.29 is 27.4 Å². The summed E-state index contributed by atoms with van der Waals surface area (Å²) in [6.07, 6.45) is -2.15. The lowest BCUT2D eigenvalue weighted by molar-refractivity contribution is -0.137. The molecule has 0 fully saturated rings. The van der Waals surface area contributed by atoms with Crippen molar-refractivity contribution in [1.29, 1.82) is 0 Å². The number of aromatic nitrogens is 1. The zero-order valence-corrected chi connectivity index (χ0v) is 19.2. The largest absolute Gasteiger partial charge is 0.493 e. The number of likely N-dealkylation sites (N-methyl/N-ethyl adjacent to an activating group) is 1. The van der Waals surface area contributed by atoms with Crippen molar-refractivity contribution in [1.82, 2.24) is 15.6 Å². The highest BCUT2D eigenvalue weighted by Gasteiger charge is 2.32. The van der Waals surface area contributed by atoms with E-state index in [1.165, 1.54) is 7.11 Å². The Kier molecular flexibility index (Phi) is 8.22. The van der Waals surface area contributed by atoms with Crippen molar-refractivity contribution in [3.63, 3.8) is 0 Å². The molecule has 0 aliphatic carbocycles. The smallest absolute Gasteiger partial charge is 0.417 e. The summed E-state index contributed by atoms with van der Waals surface area (Å²) in [7, 11) is 1.42. The number of thioether (sulfide) groups is 1. The molecule has 2 N–H and O–H groups in total. The number of hydrogen-bond donors (Lipinski definition) is 2. The molecule has 3 rings (SSSR count). The van der Waals surface area contributed by atoms with E-state index in [1.54, 1.807) is 24.3 Å². The Morgan fingerprint density at radius 3 is 2.67 bits per heavy atom. The Bertz CT molecular complexity index is 1090. The number of carbonyl (C=O) groups excluding carboxylic acids is 1. The number of rotatable bonds is 8. The number of carbonyl (C=O) groups is 1. The van der Waals surface area contributed by atoms with E-state index in [9.17, 15) is 18.0 Å². The van der Waals surface area contributed by atoms with E-state index in [0.717, 1.165) is 30.9 Å². The molecule has 1 amide bonds. The predicted octanol–water partition coefficient (Wildman–Crippen LogP) is 5.36. The molecule has 7 nitrogen and oxygen atoms in total. The Hall–Kier alpha value is -2.76. The Labute approximate surface area is 197 Å². The van der Waals surface area contributed by atoms with Gasteiger partial charge in [0.1, 0.15) is 10.9 Å². The van der Waals surface area contributed by atoms with E-state index in [-0.39, 0.29) is 21.9 Å². The normalized spacial score (nSPS) is 15.0. The first-order valence-electron chi connectivity index (χ1n) is 9.77. The van der Waals surface area contributed by atoms with Crippen LogP contribution in [0.4, 0.5) is 18.0 Å². The average molecular weight is 501 g/mol. The van der Waals surface area contributed by atoms with Gasteiger partial charge < -0.3 is 20.1 Å². The second-order valence-electron chi connectivity index (χ2n) is 6.64. The van der Waals surface area contributed by atoms with Crippen LogP contribution in [0, 0.1) is 0 Å². The maximum atomic E-state index is 12.8. The zero-order chi connectivity index (χ0) is 24.0. The molecule has 0 unspecified atom stereocenters. The number of amidine groups is 1. The van der Waals surface area contributed by atoms with Gasteiger partial charge in [-0.3, -0.25) is 4.79 Å². The fraction of sp³-hybridized carbons (Fsp3) is 0.286. The summed E-state index contributed by atoms with van der Waals surface area (Å²) >= 11 is 6.92. The molecule has 176 valence electrons. The van der Waals surface area contributed by atoms with Crippen LogP contribution in [0.25, 0.3) is 6.08 Å². The number of methoxy groups -OCH3 is 1. The van der Waals surface area contributed by atoms with Gasteiger partial charge in [0.25, 0.3) is 0 Å². The van der Waals surface area contributed by atoms with Gasteiger partial charge in [-0.25, -0.2) is 4.98 Å². The molecule has 1 aliphatic heterocycles. The minimum Gasteiger partial charge on any atom is -0.493 e. The number of halogens is 4. The molecule has 12 heteroatoms. The van der Waals surface area contributed by atoms with Crippen LogP contribution in [0.5, 0.6) is 17.4 Å². The molecule has 0 saturated carbocycles. The maximum absolute atomic E-state index is 12.8. The summed E-state index contributed by atoms with van der Waals surface area (Å²) in [6.45, 7) is 4.17. The third kappa shape index (κ3) is 6.62. The monoisotopic (exact) mass is 500 g/mol. The number of aliphatic imine (C=N–C) groups is 1. The average Bonchev–Trinajstić information content (AvgIpc) is 3.11. The summed E-state index contributed by atoms with van der Waals surface area (Å²) in [4.78, 5) is 20.1. The van der Waals surface area contributed by atoms with Gasteiger partial charge in [-0.05, 0) is 48.1 Å². The minimum atomic E-state index is -4.56. The summed E-state index contributed by atoms with van der Waals surface area (Å²) in [6, 6.07) is 5.66. The lowest BCUT2D eigenvalue weighted by Gasteiger charge is -2.13. The summed E-state index contributed by atoms with van der Waals surface area (Å²) in [5.41, 5.74) is -0.280. The van der Waals surface area contributed by atoms with Crippen molar-refractivity contribution >= 4 is 40.5 Å². The second kappa shape index (κ2) is 10.9. The number of nitrogens with zero attached hydrogens (tertiary/aromatic N) is 2. The van der Waals surface area contributed by atoms with Gasteiger partial charge in [-0.1, -0.05) is 24.6 Å². The van der Waals surface area contributed by atoms with Crippen LogP contribution in [0.1, 0.15) is 18.1 Å². The number of benzene rings is 1. The summed E-state index contributed by atoms with van der Waals surface area (Å²) < 4.78 is 49.4. The number of pyridine rings is 1. The topological polar surface area (TPSA) is 84.8 Å². The van der Waals surface area contributed by atoms with Crippen molar-refractivity contribution in [2.75, 3.05) is 26.7 Å². The van der Waals surface area contributed by atoms with Crippen LogP contribution in [0.15, 0.2) is 40.4 Å². The fourth-order valence-electron chi connectivity index (χ4n) is 2.75. The van der Waals surface area contributed by atoms with Crippen LogP contribution in [0.2, 0.25) is 5.02 Å². The minimum absolute atomic E-state index is 0.190. The first kappa shape index (κ1) is 24.9. The van der Waals surface area contributed by atoms with Gasteiger partial charge in [-0.15, -0.1) is 0 Å². The van der Waals surface area contributed by atoms with Gasteiger partial charge in [0, 0.05) is 19.3 Å². The molecule has 2 heterocycles. The molecule has 1 aliphatic rings. The zero-order valence-electron chi connectivity index (χ0n) is 17.6. The molecule has 2 aromatic rings. The molecule has 0 saturated heterocycles. The first-order chi connectivity index (χ1) is 15.7. The molecule has 1 aromatic carbocycles. The number of ether oxygens (including phenoxy) is 2. The highest BCUT2D eigenvalue weighted by Crippen LogP contribution is 2.38. The van der Waals surface area contributed by atoms with E-state index in [1.807, 2.05) is 6.92 Å². The van der Waals surface area contributed by atoms with E-state index < -0.39 is 11.7 Å². The third-order valence-corrected chi connectivity index (χ3v) is 5.37. The maximum Gasteiger partial charge on any atom is 0.417 e. The molecule has 1 aromatic heterocycles. The Balaban J connectivity index is 1.78. The van der Waals surface area contributed by atoms with E-state index in [4.69, 9.17) is 21.1 Å². The van der Waals surface area contributed by atoms with E-state index in [2.05, 4.69) is 20.6 Å². The number of nitrogens with one attached hydrogen (secondary N) is 2. The van der Waals surface area contributed by atoms with Gasteiger partial charge in [0.05, 0.1) is 17.6 Å². The Morgan fingerprint density at radius 1 is 1.21 bits per heavy atom. The van der Waals surface area contributed by atoms with Crippen molar-refractivity contribution in [2.24, 2.45) is 4.99 Å². The van der Waals surface area contributed by atoms with Crippen LogP contribution in [-0.4, -0.2) is 42.8 Å². The van der Waals surface area contributed by atoms with Crippen LogP contribution in [0.3, 0.4) is 0 Å². The number of alkyl halides is 3. The van der Waals surface area contributed by atoms with Gasteiger partial charge in [0.15, 0.2) is 11.5 Å². The van der Waals surface area contributed by atoms with E-state index >= 15 is 0 Å². The highest BCUT2D eigenvalue weighted by atomic mass is 35.5.